The highest BCUT2D eigenvalue weighted by Crippen LogP contribution is 2.39. The van der Waals surface area contributed by atoms with Gasteiger partial charge in [-0.25, -0.2) is 8.42 Å². The molecule has 7 heteroatoms. The van der Waals surface area contributed by atoms with Crippen LogP contribution >= 0.6 is 0 Å². The number of sulfone groups is 1. The van der Waals surface area contributed by atoms with E-state index in [4.69, 9.17) is 0 Å². The third-order valence-corrected chi connectivity index (χ3v) is 7.01. The lowest BCUT2D eigenvalue weighted by atomic mass is 9.91. The lowest BCUT2D eigenvalue weighted by Gasteiger charge is -2.34. The molecule has 1 amide bonds. The molecule has 0 unspecified atom stereocenters. The van der Waals surface area contributed by atoms with Gasteiger partial charge in [-0.15, -0.1) is 0 Å². The van der Waals surface area contributed by atoms with Crippen LogP contribution in [0.2, 0.25) is 0 Å². The van der Waals surface area contributed by atoms with E-state index in [2.05, 4.69) is 18.9 Å². The average molecular weight is 373 g/mol. The Hall–Kier alpha value is -2.15. The molecule has 2 atom stereocenters. The molecule has 0 aliphatic carbocycles. The molecule has 1 aromatic heterocycles. The Labute approximate surface area is 153 Å². The summed E-state index contributed by atoms with van der Waals surface area (Å²) in [6.45, 7) is 5.67. The van der Waals surface area contributed by atoms with Crippen molar-refractivity contribution < 1.29 is 13.2 Å². The van der Waals surface area contributed by atoms with Crippen LogP contribution in [0.3, 0.4) is 0 Å². The number of aromatic nitrogens is 2. The molecule has 3 heterocycles. The Kier molecular flexibility index (Phi) is 3.95. The highest BCUT2D eigenvalue weighted by atomic mass is 32.2. The van der Waals surface area contributed by atoms with E-state index in [0.29, 0.717) is 40.9 Å². The van der Waals surface area contributed by atoms with Crippen LogP contribution in [0.4, 0.5) is 0 Å². The molecule has 2 aromatic rings. The van der Waals surface area contributed by atoms with Gasteiger partial charge in [-0.05, 0) is 24.3 Å². The van der Waals surface area contributed by atoms with Crippen molar-refractivity contribution in [2.75, 3.05) is 13.1 Å². The lowest BCUT2D eigenvalue weighted by molar-refractivity contribution is 0.0615. The van der Waals surface area contributed by atoms with Crippen molar-refractivity contribution in [2.24, 2.45) is 18.9 Å². The number of fused-ring (bicyclic) bond motifs is 3. The van der Waals surface area contributed by atoms with E-state index in [1.54, 1.807) is 29.9 Å². The fourth-order valence-corrected chi connectivity index (χ4v) is 5.99. The van der Waals surface area contributed by atoms with Crippen molar-refractivity contribution in [1.82, 2.24) is 14.7 Å². The number of carbonyl (C=O) groups is 1. The van der Waals surface area contributed by atoms with Gasteiger partial charge in [-0.3, -0.25) is 9.48 Å². The second kappa shape index (κ2) is 5.94. The third-order valence-electron chi connectivity index (χ3n) is 5.32. The number of nitrogens with zero attached hydrogens (tertiary/aromatic N) is 3. The zero-order chi connectivity index (χ0) is 18.6. The van der Waals surface area contributed by atoms with E-state index < -0.39 is 9.84 Å². The van der Waals surface area contributed by atoms with Crippen molar-refractivity contribution in [3.8, 4) is 11.3 Å². The molecule has 26 heavy (non-hydrogen) atoms. The average Bonchev–Trinajstić information content (AvgIpc) is 2.89. The van der Waals surface area contributed by atoms with Crippen LogP contribution in [0.5, 0.6) is 0 Å². The van der Waals surface area contributed by atoms with Crippen molar-refractivity contribution in [3.63, 3.8) is 0 Å². The monoisotopic (exact) mass is 373 g/mol. The van der Waals surface area contributed by atoms with Crippen LogP contribution < -0.4 is 0 Å². The molecule has 0 bridgehead atoms. The number of piperidine rings is 1. The van der Waals surface area contributed by atoms with Crippen LogP contribution in [-0.4, -0.2) is 42.1 Å². The van der Waals surface area contributed by atoms with E-state index in [0.717, 1.165) is 12.1 Å². The summed E-state index contributed by atoms with van der Waals surface area (Å²) in [5.74, 6) is 0.543. The highest BCUT2D eigenvalue weighted by Gasteiger charge is 2.37. The van der Waals surface area contributed by atoms with Crippen LogP contribution in [0.15, 0.2) is 29.2 Å². The van der Waals surface area contributed by atoms with E-state index in [9.17, 15) is 13.2 Å². The predicted molar refractivity (Wildman–Crippen MR) is 98.4 cm³/mol. The topological polar surface area (TPSA) is 72.3 Å². The predicted octanol–water partition coefficient (Wildman–Crippen LogP) is 2.49. The summed E-state index contributed by atoms with van der Waals surface area (Å²) in [5, 5.41) is 4.44. The number of rotatable bonds is 1. The molecule has 1 saturated heterocycles. The fraction of sp³-hybridized carbons (Fsp3) is 0.474. The second-order valence-corrected chi connectivity index (χ2v) is 9.67. The molecule has 1 aromatic carbocycles. The van der Waals surface area contributed by atoms with Gasteiger partial charge in [0.1, 0.15) is 0 Å². The van der Waals surface area contributed by atoms with E-state index in [1.807, 2.05) is 11.0 Å². The number of likely N-dealkylation sites (tertiary alicyclic amines) is 1. The van der Waals surface area contributed by atoms with E-state index >= 15 is 0 Å². The largest absolute Gasteiger partial charge is 0.337 e. The first-order valence-corrected chi connectivity index (χ1v) is 10.6. The molecule has 0 N–H and O–H groups in total. The molecule has 2 aliphatic heterocycles. The Balaban J connectivity index is 1.82. The Morgan fingerprint density at radius 2 is 1.81 bits per heavy atom. The summed E-state index contributed by atoms with van der Waals surface area (Å²) in [5.41, 5.74) is 2.17. The number of carbonyl (C=O) groups excluding carboxylic acids is 1. The molecular formula is C19H23N3O3S. The number of hydrogen-bond donors (Lipinski definition) is 0. The summed E-state index contributed by atoms with van der Waals surface area (Å²) >= 11 is 0. The summed E-state index contributed by atoms with van der Waals surface area (Å²) in [4.78, 5) is 15.3. The second-order valence-electron chi connectivity index (χ2n) is 7.71. The first-order chi connectivity index (χ1) is 12.3. The maximum atomic E-state index is 13.2. The molecular weight excluding hydrogens is 350 g/mol. The maximum absolute atomic E-state index is 13.2. The lowest BCUT2D eigenvalue weighted by Crippen LogP contribution is -2.43. The number of benzene rings is 1. The minimum atomic E-state index is -3.47. The number of aryl methyl sites for hydroxylation is 1. The number of hydrogen-bond acceptors (Lipinski definition) is 4. The Bertz CT molecular complexity index is 983. The quantitative estimate of drug-likeness (QED) is 0.770. The van der Waals surface area contributed by atoms with E-state index in [-0.39, 0.29) is 17.4 Å². The zero-order valence-electron chi connectivity index (χ0n) is 15.3. The van der Waals surface area contributed by atoms with Crippen molar-refractivity contribution >= 4 is 15.7 Å². The zero-order valence-corrected chi connectivity index (χ0v) is 16.1. The molecule has 1 fully saturated rings. The van der Waals surface area contributed by atoms with Gasteiger partial charge in [0.25, 0.3) is 5.91 Å². The molecule has 2 aliphatic rings. The fourth-order valence-electron chi connectivity index (χ4n) is 4.39. The highest BCUT2D eigenvalue weighted by molar-refractivity contribution is 7.90. The molecule has 138 valence electrons. The van der Waals surface area contributed by atoms with Crippen molar-refractivity contribution in [1.29, 1.82) is 0 Å². The summed E-state index contributed by atoms with van der Waals surface area (Å²) in [7, 11) is -1.70. The van der Waals surface area contributed by atoms with Crippen LogP contribution in [0.1, 0.15) is 36.3 Å². The first-order valence-electron chi connectivity index (χ1n) is 8.95. The van der Waals surface area contributed by atoms with Gasteiger partial charge < -0.3 is 4.90 Å². The van der Waals surface area contributed by atoms with Crippen LogP contribution in [0, 0.1) is 11.8 Å². The Morgan fingerprint density at radius 3 is 2.50 bits per heavy atom. The van der Waals surface area contributed by atoms with E-state index in [1.165, 1.54) is 0 Å². The molecule has 0 spiro atoms. The van der Waals surface area contributed by atoms with Crippen LogP contribution in [-0.2, 0) is 22.6 Å². The number of amides is 1. The van der Waals surface area contributed by atoms with Crippen molar-refractivity contribution in [2.45, 2.75) is 30.9 Å². The minimum Gasteiger partial charge on any atom is -0.337 e. The molecule has 4 rings (SSSR count). The van der Waals surface area contributed by atoms with Gasteiger partial charge in [-0.1, -0.05) is 32.0 Å². The van der Waals surface area contributed by atoms with Gasteiger partial charge in [0.15, 0.2) is 15.5 Å². The van der Waals surface area contributed by atoms with Gasteiger partial charge in [0, 0.05) is 31.3 Å². The molecule has 6 nitrogen and oxygen atoms in total. The maximum Gasteiger partial charge on any atom is 0.274 e. The molecule has 0 saturated carbocycles. The first kappa shape index (κ1) is 17.3. The SMILES string of the molecule is C[C@H]1C[C@H](C)CN(C(=O)c2nn(C)c3c2CS(=O)(=O)c2ccccc2-3)C1. The smallest absolute Gasteiger partial charge is 0.274 e. The summed E-state index contributed by atoms with van der Waals surface area (Å²) in [6.07, 6.45) is 1.10. The van der Waals surface area contributed by atoms with Gasteiger partial charge in [-0.2, -0.15) is 5.10 Å². The normalized spacial score (nSPS) is 24.0. The van der Waals surface area contributed by atoms with Gasteiger partial charge >= 0.3 is 0 Å². The summed E-state index contributed by atoms with van der Waals surface area (Å²) < 4.78 is 27.1. The van der Waals surface area contributed by atoms with Gasteiger partial charge in [0.2, 0.25) is 0 Å². The summed E-state index contributed by atoms with van der Waals surface area (Å²) in [6, 6.07) is 6.94. The van der Waals surface area contributed by atoms with Crippen molar-refractivity contribution in [3.05, 3.63) is 35.5 Å². The molecule has 0 radical (unpaired) electrons. The third kappa shape index (κ3) is 2.65. The Morgan fingerprint density at radius 1 is 1.15 bits per heavy atom. The minimum absolute atomic E-state index is 0.158. The van der Waals surface area contributed by atoms with Crippen LogP contribution in [0.25, 0.3) is 11.3 Å². The van der Waals surface area contributed by atoms with Gasteiger partial charge in [0.05, 0.1) is 16.3 Å². The standard InChI is InChI=1S/C19H23N3O3S/c1-12-8-13(2)10-22(9-12)19(23)17-15-11-26(24,25)16-7-5-4-6-14(16)18(15)21(3)20-17/h4-7,12-13H,8-11H2,1-3H3/t12-,13-/m0/s1.